The highest BCUT2D eigenvalue weighted by atomic mass is 16.4. The normalized spacial score (nSPS) is 23.9. The number of amides is 2. The van der Waals surface area contributed by atoms with Crippen LogP contribution in [-0.4, -0.2) is 54.7 Å². The molecule has 0 aliphatic heterocycles. The first kappa shape index (κ1) is 17.8. The zero-order valence-electron chi connectivity index (χ0n) is 13.6. The first-order valence-corrected chi connectivity index (χ1v) is 7.75. The van der Waals surface area contributed by atoms with Gasteiger partial charge in [-0.15, -0.1) is 0 Å². The van der Waals surface area contributed by atoms with Gasteiger partial charge in [0.2, 0.25) is 0 Å². The Morgan fingerprint density at radius 2 is 1.86 bits per heavy atom. The molecule has 1 fully saturated rings. The number of carbonyl (C=O) groups excluding carboxylic acids is 1. The summed E-state index contributed by atoms with van der Waals surface area (Å²) in [6, 6.07) is -0.469. The van der Waals surface area contributed by atoms with E-state index in [0.29, 0.717) is 12.3 Å². The van der Waals surface area contributed by atoms with E-state index in [2.05, 4.69) is 24.5 Å². The Morgan fingerprint density at radius 3 is 2.38 bits per heavy atom. The summed E-state index contributed by atoms with van der Waals surface area (Å²) in [5, 5.41) is 15.1. The van der Waals surface area contributed by atoms with Crippen LogP contribution in [0.4, 0.5) is 4.79 Å². The summed E-state index contributed by atoms with van der Waals surface area (Å²) in [5.74, 6) is -0.954. The summed E-state index contributed by atoms with van der Waals surface area (Å²) in [4.78, 5) is 25.4. The monoisotopic (exact) mass is 299 g/mol. The molecule has 3 N–H and O–H groups in total. The summed E-state index contributed by atoms with van der Waals surface area (Å²) in [5.41, 5.74) is 0. The molecule has 1 rings (SSSR count). The number of aliphatic carboxylic acids is 1. The number of carboxylic acid groups (broad SMARTS) is 1. The average Bonchev–Trinajstić information content (AvgIpc) is 2.37. The lowest BCUT2D eigenvalue weighted by Crippen LogP contribution is -2.53. The number of nitrogens with one attached hydrogen (secondary N) is 2. The van der Waals surface area contributed by atoms with E-state index in [0.717, 1.165) is 25.8 Å². The molecular formula is C15H29N3O3. The van der Waals surface area contributed by atoms with E-state index < -0.39 is 11.9 Å². The first-order chi connectivity index (χ1) is 9.81. The average molecular weight is 299 g/mol. The molecule has 0 aromatic heterocycles. The van der Waals surface area contributed by atoms with Crippen molar-refractivity contribution in [2.75, 3.05) is 20.6 Å². The third-order valence-corrected chi connectivity index (χ3v) is 4.08. The second kappa shape index (κ2) is 8.22. The molecule has 6 heteroatoms. The van der Waals surface area contributed by atoms with Crippen LogP contribution >= 0.6 is 0 Å². The lowest BCUT2D eigenvalue weighted by molar-refractivity contribution is -0.143. The number of urea groups is 1. The second-order valence-electron chi connectivity index (χ2n) is 6.57. The molecular weight excluding hydrogens is 270 g/mol. The van der Waals surface area contributed by atoms with Crippen LogP contribution in [0, 0.1) is 11.8 Å². The minimum Gasteiger partial charge on any atom is -0.481 e. The highest BCUT2D eigenvalue weighted by Crippen LogP contribution is 2.24. The molecule has 0 spiro atoms. The van der Waals surface area contributed by atoms with Gasteiger partial charge in [-0.1, -0.05) is 26.7 Å². The number of hydrogen-bond donors (Lipinski definition) is 3. The van der Waals surface area contributed by atoms with Crippen molar-refractivity contribution in [1.82, 2.24) is 15.5 Å². The van der Waals surface area contributed by atoms with Crippen molar-refractivity contribution < 1.29 is 14.7 Å². The van der Waals surface area contributed by atoms with Gasteiger partial charge in [0.1, 0.15) is 0 Å². The Bertz CT molecular complexity index is 358. The molecule has 6 nitrogen and oxygen atoms in total. The number of rotatable bonds is 6. The van der Waals surface area contributed by atoms with Gasteiger partial charge in [0, 0.05) is 18.6 Å². The highest BCUT2D eigenvalue weighted by molar-refractivity contribution is 5.77. The minimum atomic E-state index is -0.811. The van der Waals surface area contributed by atoms with Gasteiger partial charge in [-0.2, -0.15) is 0 Å². The van der Waals surface area contributed by atoms with Gasteiger partial charge >= 0.3 is 12.0 Å². The maximum absolute atomic E-state index is 12.1. The summed E-state index contributed by atoms with van der Waals surface area (Å²) in [6.07, 6.45) is 3.28. The van der Waals surface area contributed by atoms with Gasteiger partial charge in [-0.05, 0) is 32.9 Å². The van der Waals surface area contributed by atoms with Crippen molar-refractivity contribution in [3.63, 3.8) is 0 Å². The standard InChI is InChI=1S/C15H29N3O3/c1-10(2)13(9-18(3)4)17-15(21)16-12-8-6-5-7-11(12)14(19)20/h10-13H,5-9H2,1-4H3,(H,19,20)(H2,16,17,21). The van der Waals surface area contributed by atoms with Gasteiger partial charge in [0.25, 0.3) is 0 Å². The van der Waals surface area contributed by atoms with E-state index in [1.807, 2.05) is 19.0 Å². The fourth-order valence-electron chi connectivity index (χ4n) is 2.79. The van der Waals surface area contributed by atoms with Gasteiger partial charge in [-0.25, -0.2) is 4.79 Å². The molecule has 1 aliphatic rings. The van der Waals surface area contributed by atoms with Crippen molar-refractivity contribution in [3.8, 4) is 0 Å². The fraction of sp³-hybridized carbons (Fsp3) is 0.867. The predicted molar refractivity (Wildman–Crippen MR) is 82.2 cm³/mol. The number of carbonyl (C=O) groups is 2. The molecule has 3 unspecified atom stereocenters. The quantitative estimate of drug-likeness (QED) is 0.694. The van der Waals surface area contributed by atoms with Crippen molar-refractivity contribution >= 4 is 12.0 Å². The van der Waals surface area contributed by atoms with E-state index in [9.17, 15) is 14.7 Å². The van der Waals surface area contributed by atoms with Gasteiger partial charge in [0.15, 0.2) is 0 Å². The second-order valence-corrected chi connectivity index (χ2v) is 6.57. The molecule has 0 aromatic rings. The Kier molecular flexibility index (Phi) is 6.95. The van der Waals surface area contributed by atoms with E-state index in [-0.39, 0.29) is 18.1 Å². The maximum atomic E-state index is 12.1. The molecule has 3 atom stereocenters. The molecule has 0 aromatic carbocycles. The van der Waals surface area contributed by atoms with Crippen LogP contribution in [0.3, 0.4) is 0 Å². The van der Waals surface area contributed by atoms with E-state index >= 15 is 0 Å². The minimum absolute atomic E-state index is 0.0480. The van der Waals surface area contributed by atoms with E-state index in [1.54, 1.807) is 0 Å². The lowest BCUT2D eigenvalue weighted by Gasteiger charge is -2.31. The highest BCUT2D eigenvalue weighted by Gasteiger charge is 2.32. The molecule has 0 radical (unpaired) electrons. The third-order valence-electron chi connectivity index (χ3n) is 4.08. The van der Waals surface area contributed by atoms with Crippen LogP contribution in [0.1, 0.15) is 39.5 Å². The van der Waals surface area contributed by atoms with Crippen molar-refractivity contribution in [1.29, 1.82) is 0 Å². The largest absolute Gasteiger partial charge is 0.481 e. The SMILES string of the molecule is CC(C)C(CN(C)C)NC(=O)NC1CCCCC1C(=O)O. The Balaban J connectivity index is 2.55. The van der Waals surface area contributed by atoms with E-state index in [1.165, 1.54) is 0 Å². The van der Waals surface area contributed by atoms with Gasteiger partial charge < -0.3 is 20.6 Å². The molecule has 0 bridgehead atoms. The molecule has 0 heterocycles. The first-order valence-electron chi connectivity index (χ1n) is 7.75. The van der Waals surface area contributed by atoms with Crippen molar-refractivity contribution in [2.45, 2.75) is 51.6 Å². The van der Waals surface area contributed by atoms with Crippen LogP contribution in [0.15, 0.2) is 0 Å². The van der Waals surface area contributed by atoms with Crippen LogP contribution < -0.4 is 10.6 Å². The Hall–Kier alpha value is -1.30. The van der Waals surface area contributed by atoms with Crippen molar-refractivity contribution in [3.05, 3.63) is 0 Å². The van der Waals surface area contributed by atoms with Crippen LogP contribution in [0.2, 0.25) is 0 Å². The lowest BCUT2D eigenvalue weighted by atomic mass is 9.84. The fourth-order valence-corrected chi connectivity index (χ4v) is 2.79. The van der Waals surface area contributed by atoms with Crippen LogP contribution in [0.5, 0.6) is 0 Å². The summed E-state index contributed by atoms with van der Waals surface area (Å²) >= 11 is 0. The number of carboxylic acids is 1. The number of nitrogens with zero attached hydrogens (tertiary/aromatic N) is 1. The third kappa shape index (κ3) is 5.91. The molecule has 1 saturated carbocycles. The summed E-state index contributed by atoms with van der Waals surface area (Å²) < 4.78 is 0. The topological polar surface area (TPSA) is 81.7 Å². The van der Waals surface area contributed by atoms with Crippen molar-refractivity contribution in [2.24, 2.45) is 11.8 Å². The van der Waals surface area contributed by atoms with E-state index in [4.69, 9.17) is 0 Å². The van der Waals surface area contributed by atoms with Gasteiger partial charge in [0.05, 0.1) is 5.92 Å². The van der Waals surface area contributed by atoms with Crippen LogP contribution in [-0.2, 0) is 4.79 Å². The predicted octanol–water partition coefficient (Wildman–Crippen LogP) is 1.52. The molecule has 0 saturated heterocycles. The molecule has 2 amide bonds. The smallest absolute Gasteiger partial charge is 0.315 e. The maximum Gasteiger partial charge on any atom is 0.315 e. The molecule has 122 valence electrons. The van der Waals surface area contributed by atoms with Crippen LogP contribution in [0.25, 0.3) is 0 Å². The summed E-state index contributed by atoms with van der Waals surface area (Å²) in [7, 11) is 3.94. The Labute approximate surface area is 127 Å². The molecule has 21 heavy (non-hydrogen) atoms. The summed E-state index contributed by atoms with van der Waals surface area (Å²) in [6.45, 7) is 4.89. The number of likely N-dealkylation sites (N-methyl/N-ethyl adjacent to an activating group) is 1. The Morgan fingerprint density at radius 1 is 1.24 bits per heavy atom. The zero-order chi connectivity index (χ0) is 16.0. The number of hydrogen-bond acceptors (Lipinski definition) is 3. The van der Waals surface area contributed by atoms with Gasteiger partial charge in [-0.3, -0.25) is 4.79 Å². The molecule has 1 aliphatic carbocycles. The zero-order valence-corrected chi connectivity index (χ0v) is 13.6.